The van der Waals surface area contributed by atoms with E-state index < -0.39 is 0 Å². The largest absolute Gasteiger partial charge is 0.377 e. The molecule has 2 rings (SSSR count). The van der Waals surface area contributed by atoms with Gasteiger partial charge in [-0.2, -0.15) is 0 Å². The zero-order valence-corrected chi connectivity index (χ0v) is 11.4. The van der Waals surface area contributed by atoms with Crippen molar-refractivity contribution in [1.82, 2.24) is 5.32 Å². The maximum Gasteiger partial charge on any atom is 0.0726 e. The predicted octanol–water partition coefficient (Wildman–Crippen LogP) is 1.84. The third-order valence-electron chi connectivity index (χ3n) is 4.04. The van der Waals surface area contributed by atoms with Gasteiger partial charge < -0.3 is 15.8 Å². The number of hydrogen-bond donors (Lipinski definition) is 2. The lowest BCUT2D eigenvalue weighted by molar-refractivity contribution is 0.0881. The lowest BCUT2D eigenvalue weighted by Crippen LogP contribution is -2.47. The fourth-order valence-corrected chi connectivity index (χ4v) is 2.36. The highest BCUT2D eigenvalue weighted by Gasteiger charge is 2.36. The van der Waals surface area contributed by atoms with Crippen LogP contribution in [-0.4, -0.2) is 24.8 Å². The Balaban J connectivity index is 1.90. The van der Waals surface area contributed by atoms with Gasteiger partial charge in [-0.05, 0) is 44.4 Å². The molecule has 1 aromatic rings. The highest BCUT2D eigenvalue weighted by Crippen LogP contribution is 2.25. The van der Waals surface area contributed by atoms with E-state index in [0.29, 0.717) is 6.54 Å². The van der Waals surface area contributed by atoms with E-state index in [1.165, 1.54) is 11.1 Å². The molecule has 3 N–H and O–H groups in total. The molecule has 0 spiro atoms. The average Bonchev–Trinajstić information content (AvgIpc) is 2.70. The van der Waals surface area contributed by atoms with E-state index in [9.17, 15) is 0 Å². The maximum atomic E-state index is 5.63. The van der Waals surface area contributed by atoms with Crippen LogP contribution < -0.4 is 11.1 Å². The molecular formula is C15H24N2O. The SMILES string of the molecule is CC1OCCC1(C)NCc1ccc(CCN)cc1. The molecule has 0 amide bonds. The monoisotopic (exact) mass is 248 g/mol. The van der Waals surface area contributed by atoms with Gasteiger partial charge in [0, 0.05) is 18.7 Å². The predicted molar refractivity (Wildman–Crippen MR) is 74.5 cm³/mol. The molecule has 1 aliphatic rings. The summed E-state index contributed by atoms with van der Waals surface area (Å²) in [4.78, 5) is 0. The second kappa shape index (κ2) is 5.83. The van der Waals surface area contributed by atoms with E-state index in [-0.39, 0.29) is 11.6 Å². The Labute approximate surface area is 110 Å². The minimum absolute atomic E-state index is 0.107. The third-order valence-corrected chi connectivity index (χ3v) is 4.04. The Morgan fingerprint density at radius 1 is 1.33 bits per heavy atom. The van der Waals surface area contributed by atoms with Gasteiger partial charge in [-0.3, -0.25) is 0 Å². The van der Waals surface area contributed by atoms with Crippen molar-refractivity contribution >= 4 is 0 Å². The van der Waals surface area contributed by atoms with Gasteiger partial charge in [0.2, 0.25) is 0 Å². The summed E-state index contributed by atoms with van der Waals surface area (Å²) in [5.41, 5.74) is 8.28. The van der Waals surface area contributed by atoms with Crippen LogP contribution in [0.25, 0.3) is 0 Å². The quantitative estimate of drug-likeness (QED) is 0.836. The highest BCUT2D eigenvalue weighted by atomic mass is 16.5. The first-order valence-electron chi connectivity index (χ1n) is 6.78. The standard InChI is InChI=1S/C15H24N2O/c1-12-15(2,8-10-18-12)17-11-14-5-3-13(4-6-14)7-9-16/h3-6,12,17H,7-11,16H2,1-2H3. The number of nitrogens with one attached hydrogen (secondary N) is 1. The zero-order chi connectivity index (χ0) is 13.0. The second-order valence-corrected chi connectivity index (χ2v) is 5.39. The summed E-state index contributed by atoms with van der Waals surface area (Å²) in [5, 5.41) is 3.63. The average molecular weight is 248 g/mol. The highest BCUT2D eigenvalue weighted by molar-refractivity contribution is 5.23. The van der Waals surface area contributed by atoms with Gasteiger partial charge in [-0.25, -0.2) is 0 Å². The molecule has 1 aromatic carbocycles. The van der Waals surface area contributed by atoms with E-state index in [2.05, 4.69) is 43.4 Å². The van der Waals surface area contributed by atoms with Gasteiger partial charge in [0.25, 0.3) is 0 Å². The maximum absolute atomic E-state index is 5.63. The van der Waals surface area contributed by atoms with E-state index in [0.717, 1.165) is 26.0 Å². The fourth-order valence-electron chi connectivity index (χ4n) is 2.36. The summed E-state index contributed by atoms with van der Waals surface area (Å²) >= 11 is 0. The summed E-state index contributed by atoms with van der Waals surface area (Å²) < 4.78 is 5.63. The molecular weight excluding hydrogens is 224 g/mol. The van der Waals surface area contributed by atoms with Crippen LogP contribution in [0, 0.1) is 0 Å². The van der Waals surface area contributed by atoms with Gasteiger partial charge in [-0.1, -0.05) is 24.3 Å². The number of rotatable bonds is 5. The first kappa shape index (κ1) is 13.5. The minimum atomic E-state index is 0.107. The lowest BCUT2D eigenvalue weighted by Gasteiger charge is -2.29. The smallest absolute Gasteiger partial charge is 0.0726 e. The molecule has 1 heterocycles. The molecule has 1 saturated heterocycles. The van der Waals surface area contributed by atoms with Crippen molar-refractivity contribution in [2.24, 2.45) is 5.73 Å². The third kappa shape index (κ3) is 3.10. The topological polar surface area (TPSA) is 47.3 Å². The number of nitrogens with two attached hydrogens (primary N) is 1. The molecule has 1 fully saturated rings. The first-order valence-corrected chi connectivity index (χ1v) is 6.78. The van der Waals surface area contributed by atoms with E-state index in [4.69, 9.17) is 10.5 Å². The van der Waals surface area contributed by atoms with Gasteiger partial charge in [0.15, 0.2) is 0 Å². The van der Waals surface area contributed by atoms with Crippen molar-refractivity contribution in [3.63, 3.8) is 0 Å². The number of ether oxygens (including phenoxy) is 1. The van der Waals surface area contributed by atoms with Crippen LogP contribution in [-0.2, 0) is 17.7 Å². The Bertz CT molecular complexity index is 377. The van der Waals surface area contributed by atoms with Crippen molar-refractivity contribution in [3.8, 4) is 0 Å². The van der Waals surface area contributed by atoms with Crippen molar-refractivity contribution < 1.29 is 4.74 Å². The molecule has 18 heavy (non-hydrogen) atoms. The van der Waals surface area contributed by atoms with E-state index >= 15 is 0 Å². The summed E-state index contributed by atoms with van der Waals surface area (Å²) in [6.07, 6.45) is 2.32. The second-order valence-electron chi connectivity index (χ2n) is 5.39. The Morgan fingerprint density at radius 2 is 2.00 bits per heavy atom. The van der Waals surface area contributed by atoms with Gasteiger partial charge >= 0.3 is 0 Å². The lowest BCUT2D eigenvalue weighted by atomic mass is 9.94. The van der Waals surface area contributed by atoms with Crippen molar-refractivity contribution in [2.45, 2.75) is 44.9 Å². The van der Waals surface area contributed by atoms with E-state index in [1.54, 1.807) is 0 Å². The van der Waals surface area contributed by atoms with Crippen molar-refractivity contribution in [3.05, 3.63) is 35.4 Å². The summed E-state index contributed by atoms with van der Waals surface area (Å²) in [6.45, 7) is 6.86. The molecule has 100 valence electrons. The molecule has 2 atom stereocenters. The summed E-state index contributed by atoms with van der Waals surface area (Å²) in [5.74, 6) is 0. The van der Waals surface area contributed by atoms with Crippen molar-refractivity contribution in [2.75, 3.05) is 13.2 Å². The first-order chi connectivity index (χ1) is 8.64. The van der Waals surface area contributed by atoms with Crippen LogP contribution in [0.2, 0.25) is 0 Å². The Hall–Kier alpha value is -0.900. The van der Waals surface area contributed by atoms with Gasteiger partial charge in [0.1, 0.15) is 0 Å². The minimum Gasteiger partial charge on any atom is -0.377 e. The Morgan fingerprint density at radius 3 is 2.56 bits per heavy atom. The van der Waals surface area contributed by atoms with Gasteiger partial charge in [-0.15, -0.1) is 0 Å². The van der Waals surface area contributed by atoms with Crippen LogP contribution in [0.5, 0.6) is 0 Å². The Kier molecular flexibility index (Phi) is 4.38. The van der Waals surface area contributed by atoms with Crippen LogP contribution in [0.3, 0.4) is 0 Å². The molecule has 0 radical (unpaired) electrons. The molecule has 3 nitrogen and oxygen atoms in total. The number of hydrogen-bond acceptors (Lipinski definition) is 3. The molecule has 0 saturated carbocycles. The van der Waals surface area contributed by atoms with Crippen molar-refractivity contribution in [1.29, 1.82) is 0 Å². The van der Waals surface area contributed by atoms with E-state index in [1.807, 2.05) is 0 Å². The fraction of sp³-hybridized carbons (Fsp3) is 0.600. The van der Waals surface area contributed by atoms with Crippen LogP contribution >= 0.6 is 0 Å². The molecule has 0 aromatic heterocycles. The zero-order valence-electron chi connectivity index (χ0n) is 11.4. The molecule has 3 heteroatoms. The number of benzene rings is 1. The van der Waals surface area contributed by atoms with Crippen LogP contribution in [0.1, 0.15) is 31.4 Å². The molecule has 2 unspecified atom stereocenters. The normalized spacial score (nSPS) is 27.6. The molecule has 1 aliphatic heterocycles. The summed E-state index contributed by atoms with van der Waals surface area (Å²) in [7, 11) is 0. The molecule has 0 bridgehead atoms. The summed E-state index contributed by atoms with van der Waals surface area (Å²) in [6, 6.07) is 8.70. The van der Waals surface area contributed by atoms with Crippen LogP contribution in [0.15, 0.2) is 24.3 Å². The molecule has 0 aliphatic carbocycles. The van der Waals surface area contributed by atoms with Crippen LogP contribution in [0.4, 0.5) is 0 Å². The van der Waals surface area contributed by atoms with Gasteiger partial charge in [0.05, 0.1) is 6.10 Å².